The number of hydrogen-bond acceptors (Lipinski definition) is 6. The predicted molar refractivity (Wildman–Crippen MR) is 79.6 cm³/mol. The molecule has 2 aromatic rings. The van der Waals surface area contributed by atoms with Crippen LogP contribution in [0.15, 0.2) is 24.3 Å². The maximum atomic E-state index is 11.3. The lowest BCUT2D eigenvalue weighted by molar-refractivity contribution is 0.600. The van der Waals surface area contributed by atoms with Gasteiger partial charge in [-0.1, -0.05) is 0 Å². The molecular formula is C13H16N4O2S. The van der Waals surface area contributed by atoms with Gasteiger partial charge in [0, 0.05) is 23.6 Å². The van der Waals surface area contributed by atoms with E-state index in [2.05, 4.69) is 9.97 Å². The molecule has 0 atom stereocenters. The molecule has 1 aromatic carbocycles. The minimum absolute atomic E-state index is 0.166. The van der Waals surface area contributed by atoms with Gasteiger partial charge in [0.05, 0.1) is 11.4 Å². The number of nitrogens with zero attached hydrogens (tertiary/aromatic N) is 2. The van der Waals surface area contributed by atoms with E-state index in [9.17, 15) is 8.42 Å². The Labute approximate surface area is 117 Å². The Morgan fingerprint density at radius 1 is 1.15 bits per heavy atom. The normalized spacial score (nSPS) is 11.5. The van der Waals surface area contributed by atoms with Gasteiger partial charge in [0.2, 0.25) is 0 Å². The van der Waals surface area contributed by atoms with Crippen LogP contribution in [0.2, 0.25) is 0 Å². The third-order valence-electron chi connectivity index (χ3n) is 2.74. The third kappa shape index (κ3) is 3.45. The van der Waals surface area contributed by atoms with Crippen molar-refractivity contribution in [1.82, 2.24) is 9.97 Å². The van der Waals surface area contributed by atoms with Crippen LogP contribution in [0.4, 0.5) is 11.5 Å². The summed E-state index contributed by atoms with van der Waals surface area (Å²) in [6.45, 7) is 1.88. The Morgan fingerprint density at radius 2 is 1.85 bits per heavy atom. The molecule has 2 rings (SSSR count). The van der Waals surface area contributed by atoms with Crippen LogP contribution in [0.1, 0.15) is 11.3 Å². The summed E-state index contributed by atoms with van der Waals surface area (Å²) in [6, 6.07) is 6.85. The molecule has 0 bridgehead atoms. The molecule has 0 amide bonds. The van der Waals surface area contributed by atoms with Crippen molar-refractivity contribution < 1.29 is 8.42 Å². The molecule has 0 radical (unpaired) electrons. The highest BCUT2D eigenvalue weighted by atomic mass is 32.2. The molecule has 0 saturated carbocycles. The maximum Gasteiger partial charge on any atom is 0.161 e. The quantitative estimate of drug-likeness (QED) is 0.821. The molecule has 0 spiro atoms. The van der Waals surface area contributed by atoms with E-state index in [0.717, 1.165) is 17.4 Å². The zero-order valence-electron chi connectivity index (χ0n) is 11.3. The fourth-order valence-electron chi connectivity index (χ4n) is 1.81. The van der Waals surface area contributed by atoms with Crippen LogP contribution in [0.5, 0.6) is 0 Å². The smallest absolute Gasteiger partial charge is 0.161 e. The number of hydrogen-bond donors (Lipinski definition) is 2. The summed E-state index contributed by atoms with van der Waals surface area (Å²) in [5.41, 5.74) is 14.2. The van der Waals surface area contributed by atoms with E-state index < -0.39 is 9.84 Å². The van der Waals surface area contributed by atoms with Crippen molar-refractivity contribution in [3.63, 3.8) is 0 Å². The van der Waals surface area contributed by atoms with Crippen LogP contribution < -0.4 is 11.5 Å². The molecule has 20 heavy (non-hydrogen) atoms. The number of aryl methyl sites for hydroxylation is 1. The van der Waals surface area contributed by atoms with Crippen molar-refractivity contribution >= 4 is 21.3 Å². The summed E-state index contributed by atoms with van der Waals surface area (Å²) in [4.78, 5) is 8.38. The topological polar surface area (TPSA) is 112 Å². The van der Waals surface area contributed by atoms with Gasteiger partial charge in [-0.05, 0) is 30.7 Å². The van der Waals surface area contributed by atoms with Gasteiger partial charge in [-0.3, -0.25) is 0 Å². The van der Waals surface area contributed by atoms with E-state index in [4.69, 9.17) is 11.5 Å². The highest BCUT2D eigenvalue weighted by Crippen LogP contribution is 2.22. The van der Waals surface area contributed by atoms with Crippen molar-refractivity contribution in [2.75, 3.05) is 17.7 Å². The standard InChI is InChI=1S/C13H16N4O2S/c1-8-5-9(3-4-11(8)14)13-16-10(6-12(15)17-13)7-20(2,18)19/h3-6H,7,14H2,1-2H3,(H2,15,16,17). The first-order chi connectivity index (χ1) is 9.24. The van der Waals surface area contributed by atoms with Crippen LogP contribution in [0.3, 0.4) is 0 Å². The summed E-state index contributed by atoms with van der Waals surface area (Å²) in [5.74, 6) is 0.468. The number of nitrogens with two attached hydrogens (primary N) is 2. The Balaban J connectivity index is 2.49. The Hall–Kier alpha value is -2.15. The van der Waals surface area contributed by atoms with Crippen LogP contribution >= 0.6 is 0 Å². The van der Waals surface area contributed by atoms with E-state index >= 15 is 0 Å². The minimum atomic E-state index is -3.17. The predicted octanol–water partition coefficient (Wildman–Crippen LogP) is 1.16. The molecule has 6 nitrogen and oxygen atoms in total. The van der Waals surface area contributed by atoms with Gasteiger partial charge in [0.15, 0.2) is 15.7 Å². The van der Waals surface area contributed by atoms with E-state index in [1.807, 2.05) is 13.0 Å². The SMILES string of the molecule is Cc1cc(-c2nc(N)cc(CS(C)(=O)=O)n2)ccc1N. The molecule has 0 aliphatic carbocycles. The van der Waals surface area contributed by atoms with Gasteiger partial charge in [0.1, 0.15) is 5.82 Å². The second-order valence-corrected chi connectivity index (χ2v) is 6.89. The number of rotatable bonds is 3. The zero-order chi connectivity index (χ0) is 14.9. The lowest BCUT2D eigenvalue weighted by Gasteiger charge is -2.07. The molecular weight excluding hydrogens is 276 g/mol. The lowest BCUT2D eigenvalue weighted by atomic mass is 10.1. The number of benzene rings is 1. The van der Waals surface area contributed by atoms with Crippen LogP contribution in [-0.2, 0) is 15.6 Å². The molecule has 0 fully saturated rings. The highest BCUT2D eigenvalue weighted by molar-refractivity contribution is 7.89. The van der Waals surface area contributed by atoms with Crippen LogP contribution in [0, 0.1) is 6.92 Å². The molecule has 0 aliphatic rings. The van der Waals surface area contributed by atoms with Gasteiger partial charge in [-0.15, -0.1) is 0 Å². The lowest BCUT2D eigenvalue weighted by Crippen LogP contribution is -2.06. The van der Waals surface area contributed by atoms with Crippen molar-refractivity contribution in [3.8, 4) is 11.4 Å². The van der Waals surface area contributed by atoms with E-state index in [0.29, 0.717) is 17.2 Å². The number of nitrogen functional groups attached to an aromatic ring is 2. The van der Waals surface area contributed by atoms with Crippen molar-refractivity contribution in [2.45, 2.75) is 12.7 Å². The van der Waals surface area contributed by atoms with Crippen molar-refractivity contribution in [2.24, 2.45) is 0 Å². The summed E-state index contributed by atoms with van der Waals surface area (Å²) in [6.07, 6.45) is 1.15. The minimum Gasteiger partial charge on any atom is -0.399 e. The number of anilines is 2. The number of aromatic nitrogens is 2. The highest BCUT2D eigenvalue weighted by Gasteiger charge is 2.11. The molecule has 106 valence electrons. The fraction of sp³-hybridized carbons (Fsp3) is 0.231. The first-order valence-electron chi connectivity index (χ1n) is 5.92. The molecule has 1 aromatic heterocycles. The van der Waals surface area contributed by atoms with Crippen LogP contribution in [-0.4, -0.2) is 24.6 Å². The summed E-state index contributed by atoms with van der Waals surface area (Å²) in [5, 5.41) is 0. The van der Waals surface area contributed by atoms with Gasteiger partial charge >= 0.3 is 0 Å². The molecule has 1 heterocycles. The van der Waals surface area contributed by atoms with Crippen molar-refractivity contribution in [3.05, 3.63) is 35.5 Å². The Bertz CT molecular complexity index is 757. The van der Waals surface area contributed by atoms with Gasteiger partial charge in [-0.2, -0.15) is 0 Å². The maximum absolute atomic E-state index is 11.3. The summed E-state index contributed by atoms with van der Waals surface area (Å²) >= 11 is 0. The Kier molecular flexibility index (Phi) is 3.63. The van der Waals surface area contributed by atoms with E-state index in [1.54, 1.807) is 12.1 Å². The third-order valence-corrected chi connectivity index (χ3v) is 3.56. The second kappa shape index (κ2) is 5.09. The average Bonchev–Trinajstić information content (AvgIpc) is 2.29. The number of sulfone groups is 1. The fourth-order valence-corrected chi connectivity index (χ4v) is 2.49. The van der Waals surface area contributed by atoms with Gasteiger partial charge < -0.3 is 11.5 Å². The van der Waals surface area contributed by atoms with E-state index in [1.165, 1.54) is 6.07 Å². The molecule has 4 N–H and O–H groups in total. The largest absolute Gasteiger partial charge is 0.399 e. The summed E-state index contributed by atoms with van der Waals surface area (Å²) in [7, 11) is -3.17. The van der Waals surface area contributed by atoms with Gasteiger partial charge in [-0.25, -0.2) is 18.4 Å². The monoisotopic (exact) mass is 292 g/mol. The molecule has 0 unspecified atom stereocenters. The first-order valence-corrected chi connectivity index (χ1v) is 7.98. The molecule has 0 aliphatic heterocycles. The Morgan fingerprint density at radius 3 is 2.45 bits per heavy atom. The average molecular weight is 292 g/mol. The van der Waals surface area contributed by atoms with E-state index in [-0.39, 0.29) is 11.6 Å². The van der Waals surface area contributed by atoms with Crippen LogP contribution in [0.25, 0.3) is 11.4 Å². The zero-order valence-corrected chi connectivity index (χ0v) is 12.1. The second-order valence-electron chi connectivity index (χ2n) is 4.75. The first kappa shape index (κ1) is 14.3. The summed E-state index contributed by atoms with van der Waals surface area (Å²) < 4.78 is 22.7. The van der Waals surface area contributed by atoms with Gasteiger partial charge in [0.25, 0.3) is 0 Å². The molecule has 7 heteroatoms. The van der Waals surface area contributed by atoms with Crippen molar-refractivity contribution in [1.29, 1.82) is 0 Å². The molecule has 0 saturated heterocycles.